The van der Waals surface area contributed by atoms with Gasteiger partial charge in [-0.15, -0.1) is 0 Å². The zero-order valence-corrected chi connectivity index (χ0v) is 11.0. The van der Waals surface area contributed by atoms with Crippen LogP contribution in [0, 0.1) is 5.92 Å². The van der Waals surface area contributed by atoms with Gasteiger partial charge in [-0.3, -0.25) is 9.78 Å². The number of ether oxygens (including phenoxy) is 1. The lowest BCUT2D eigenvalue weighted by Gasteiger charge is -2.16. The fourth-order valence-electron chi connectivity index (χ4n) is 2.80. The number of carbonyl (C=O) groups excluding carboxylic acids is 1. The number of aromatic nitrogens is 1. The molecule has 2 aliphatic rings. The number of pyridine rings is 1. The van der Waals surface area contributed by atoms with Crippen LogP contribution in [0.15, 0.2) is 22.8 Å². The monoisotopic (exact) mass is 295 g/mol. The van der Waals surface area contributed by atoms with Crippen LogP contribution in [0.5, 0.6) is 0 Å². The Hall–Kier alpha value is -0.740. The Morgan fingerprint density at radius 1 is 1.47 bits per heavy atom. The van der Waals surface area contributed by atoms with Crippen LogP contribution in [0.2, 0.25) is 0 Å². The fourth-order valence-corrected chi connectivity index (χ4v) is 3.03. The molecule has 17 heavy (non-hydrogen) atoms. The molecule has 3 unspecified atom stereocenters. The molecule has 2 bridgehead atoms. The molecule has 90 valence electrons. The summed E-state index contributed by atoms with van der Waals surface area (Å²) in [6.45, 7) is 0. The summed E-state index contributed by atoms with van der Waals surface area (Å²) in [6.07, 6.45) is 5.79. The second-order valence-corrected chi connectivity index (χ2v) is 5.74. The summed E-state index contributed by atoms with van der Waals surface area (Å²) in [7, 11) is 0. The predicted molar refractivity (Wildman–Crippen MR) is 66.7 cm³/mol. The summed E-state index contributed by atoms with van der Waals surface area (Å²) >= 11 is 3.34. The maximum Gasteiger partial charge on any atom is 0.144 e. The van der Waals surface area contributed by atoms with Gasteiger partial charge < -0.3 is 4.74 Å². The van der Waals surface area contributed by atoms with Gasteiger partial charge >= 0.3 is 0 Å². The summed E-state index contributed by atoms with van der Waals surface area (Å²) in [5.41, 5.74) is 0.848. The van der Waals surface area contributed by atoms with Crippen molar-refractivity contribution in [3.05, 3.63) is 28.5 Å². The molecule has 0 aliphatic carbocycles. The topological polar surface area (TPSA) is 39.2 Å². The van der Waals surface area contributed by atoms with E-state index in [1.807, 2.05) is 12.1 Å². The molecule has 3 rings (SSSR count). The first-order valence-corrected chi connectivity index (χ1v) is 6.80. The van der Waals surface area contributed by atoms with Crippen molar-refractivity contribution in [3.63, 3.8) is 0 Å². The fraction of sp³-hybridized carbons (Fsp3) is 0.538. The van der Waals surface area contributed by atoms with Crippen molar-refractivity contribution in [2.45, 2.75) is 37.9 Å². The average molecular weight is 296 g/mol. The predicted octanol–water partition coefficient (Wildman–Crippen LogP) is 2.52. The third-order valence-corrected chi connectivity index (χ3v) is 4.13. The number of halogens is 1. The van der Waals surface area contributed by atoms with E-state index in [0.717, 1.165) is 29.4 Å². The van der Waals surface area contributed by atoms with E-state index < -0.39 is 0 Å². The van der Waals surface area contributed by atoms with Crippen molar-refractivity contribution in [1.29, 1.82) is 0 Å². The minimum absolute atomic E-state index is 0.110. The third-order valence-electron chi connectivity index (χ3n) is 3.66. The van der Waals surface area contributed by atoms with Gasteiger partial charge in [0.25, 0.3) is 0 Å². The quantitative estimate of drug-likeness (QED) is 0.860. The molecule has 3 heterocycles. The Bertz CT molecular complexity index is 432. The molecule has 1 aromatic heterocycles. The second-order valence-electron chi connectivity index (χ2n) is 4.83. The van der Waals surface area contributed by atoms with Crippen LogP contribution in [0.1, 0.15) is 25.0 Å². The zero-order chi connectivity index (χ0) is 11.8. The molecule has 0 amide bonds. The smallest absolute Gasteiger partial charge is 0.144 e. The van der Waals surface area contributed by atoms with E-state index in [2.05, 4.69) is 20.9 Å². The largest absolute Gasteiger partial charge is 0.374 e. The third kappa shape index (κ3) is 2.29. The van der Waals surface area contributed by atoms with Gasteiger partial charge in [0, 0.05) is 28.7 Å². The van der Waals surface area contributed by atoms with Crippen molar-refractivity contribution in [2.24, 2.45) is 5.92 Å². The standard InChI is InChI=1S/C13H14BrNO2/c14-8-1-2-9(15-7-8)5-12(16)11-6-10-3-4-13(11)17-10/h1-2,7,10-11,13H,3-6H2. The van der Waals surface area contributed by atoms with E-state index in [1.165, 1.54) is 0 Å². The van der Waals surface area contributed by atoms with Gasteiger partial charge in [-0.25, -0.2) is 0 Å². The summed E-state index contributed by atoms with van der Waals surface area (Å²) in [5.74, 6) is 0.395. The molecule has 0 N–H and O–H groups in total. The Morgan fingerprint density at radius 3 is 2.94 bits per heavy atom. The second kappa shape index (κ2) is 4.50. The molecule has 4 heteroatoms. The first kappa shape index (κ1) is 11.4. The van der Waals surface area contributed by atoms with E-state index in [-0.39, 0.29) is 17.8 Å². The Balaban J connectivity index is 1.65. The molecular weight excluding hydrogens is 282 g/mol. The maximum absolute atomic E-state index is 12.2. The first-order chi connectivity index (χ1) is 8.22. The van der Waals surface area contributed by atoms with Gasteiger partial charge in [0.1, 0.15) is 5.78 Å². The highest BCUT2D eigenvalue weighted by Crippen LogP contribution is 2.39. The molecule has 1 aromatic rings. The van der Waals surface area contributed by atoms with Crippen molar-refractivity contribution < 1.29 is 9.53 Å². The van der Waals surface area contributed by atoms with Gasteiger partial charge in [-0.05, 0) is 47.3 Å². The lowest BCUT2D eigenvalue weighted by atomic mass is 9.85. The highest BCUT2D eigenvalue weighted by atomic mass is 79.9. The molecule has 3 nitrogen and oxygen atoms in total. The Labute approximate surface area is 109 Å². The van der Waals surface area contributed by atoms with Crippen LogP contribution in [-0.2, 0) is 16.0 Å². The minimum Gasteiger partial charge on any atom is -0.374 e. The van der Waals surface area contributed by atoms with E-state index in [1.54, 1.807) is 6.20 Å². The van der Waals surface area contributed by atoms with E-state index in [9.17, 15) is 4.79 Å². The number of rotatable bonds is 3. The Morgan fingerprint density at radius 2 is 2.35 bits per heavy atom. The average Bonchev–Trinajstić information content (AvgIpc) is 2.94. The SMILES string of the molecule is O=C(Cc1ccc(Br)cn1)C1CC2CCC1O2. The maximum atomic E-state index is 12.2. The molecule has 0 saturated carbocycles. The van der Waals surface area contributed by atoms with Crippen molar-refractivity contribution in [1.82, 2.24) is 4.98 Å². The number of hydrogen-bond acceptors (Lipinski definition) is 3. The van der Waals surface area contributed by atoms with Crippen LogP contribution >= 0.6 is 15.9 Å². The van der Waals surface area contributed by atoms with Crippen molar-refractivity contribution >= 4 is 21.7 Å². The zero-order valence-electron chi connectivity index (χ0n) is 9.43. The normalized spacial score (nSPS) is 30.8. The van der Waals surface area contributed by atoms with Gasteiger partial charge in [0.05, 0.1) is 12.2 Å². The summed E-state index contributed by atoms with van der Waals surface area (Å²) < 4.78 is 6.66. The lowest BCUT2D eigenvalue weighted by Crippen LogP contribution is -2.26. The molecule has 0 spiro atoms. The van der Waals surface area contributed by atoms with Crippen LogP contribution < -0.4 is 0 Å². The number of ketones is 1. The molecule has 0 aromatic carbocycles. The number of fused-ring (bicyclic) bond motifs is 2. The van der Waals surface area contributed by atoms with Crippen molar-refractivity contribution in [2.75, 3.05) is 0 Å². The minimum atomic E-state index is 0.110. The van der Waals surface area contributed by atoms with Gasteiger partial charge in [-0.2, -0.15) is 0 Å². The summed E-state index contributed by atoms with van der Waals surface area (Å²) in [6, 6.07) is 3.82. The van der Waals surface area contributed by atoms with E-state index in [4.69, 9.17) is 4.74 Å². The molecular formula is C13H14BrNO2. The van der Waals surface area contributed by atoms with Crippen molar-refractivity contribution in [3.8, 4) is 0 Å². The first-order valence-electron chi connectivity index (χ1n) is 6.01. The summed E-state index contributed by atoms with van der Waals surface area (Å²) in [4.78, 5) is 16.4. The number of hydrogen-bond donors (Lipinski definition) is 0. The molecule has 2 fully saturated rings. The lowest BCUT2D eigenvalue weighted by molar-refractivity contribution is -0.123. The number of Topliss-reactive ketones (excluding diaryl/α,β-unsaturated/α-hetero) is 1. The number of nitrogens with zero attached hydrogens (tertiary/aromatic N) is 1. The highest BCUT2D eigenvalue weighted by Gasteiger charge is 2.43. The van der Waals surface area contributed by atoms with Crippen LogP contribution in [0.25, 0.3) is 0 Å². The van der Waals surface area contributed by atoms with E-state index in [0.29, 0.717) is 12.5 Å². The van der Waals surface area contributed by atoms with Crippen LogP contribution in [0.3, 0.4) is 0 Å². The highest BCUT2D eigenvalue weighted by molar-refractivity contribution is 9.10. The molecule has 0 radical (unpaired) electrons. The number of carbonyl (C=O) groups is 1. The van der Waals surface area contributed by atoms with Gasteiger partial charge in [0.2, 0.25) is 0 Å². The summed E-state index contributed by atoms with van der Waals surface area (Å²) in [5, 5.41) is 0. The Kier molecular flexibility index (Phi) is 3.01. The van der Waals surface area contributed by atoms with Gasteiger partial charge in [-0.1, -0.05) is 0 Å². The van der Waals surface area contributed by atoms with Crippen LogP contribution in [-0.4, -0.2) is 23.0 Å². The molecule has 2 saturated heterocycles. The molecule has 2 aliphatic heterocycles. The molecule has 3 atom stereocenters. The van der Waals surface area contributed by atoms with Gasteiger partial charge in [0.15, 0.2) is 0 Å². The van der Waals surface area contributed by atoms with Crippen LogP contribution in [0.4, 0.5) is 0 Å². The van der Waals surface area contributed by atoms with E-state index >= 15 is 0 Å².